The van der Waals surface area contributed by atoms with Crippen LogP contribution in [0.5, 0.6) is 0 Å². The molecule has 0 bridgehead atoms. The van der Waals surface area contributed by atoms with Crippen molar-refractivity contribution in [2.45, 2.75) is 31.7 Å². The van der Waals surface area contributed by atoms with Crippen molar-refractivity contribution in [3.8, 4) is 0 Å². The van der Waals surface area contributed by atoms with E-state index in [0.717, 1.165) is 0 Å². The number of aliphatic hydroxyl groups excluding tert-OH is 2. The summed E-state index contributed by atoms with van der Waals surface area (Å²) in [7, 11) is -4.81. The first-order valence-electron chi connectivity index (χ1n) is 4.63. The molecule has 0 aliphatic rings. The van der Waals surface area contributed by atoms with E-state index in [-0.39, 0.29) is 6.42 Å². The van der Waals surface area contributed by atoms with Crippen molar-refractivity contribution < 1.29 is 43.7 Å². The van der Waals surface area contributed by atoms with Crippen LogP contribution in [0.25, 0.3) is 0 Å². The average molecular weight is 274 g/mol. The highest BCUT2D eigenvalue weighted by Crippen LogP contribution is 2.36. The van der Waals surface area contributed by atoms with Gasteiger partial charge in [-0.2, -0.15) is 0 Å². The number of phosphoric ester groups is 1. The number of carboxylic acid groups (broad SMARTS) is 1. The van der Waals surface area contributed by atoms with E-state index >= 15 is 0 Å². The van der Waals surface area contributed by atoms with E-state index in [1.165, 1.54) is 6.92 Å². The van der Waals surface area contributed by atoms with Gasteiger partial charge in [-0.3, -0.25) is 4.52 Å². The predicted octanol–water partition coefficient (Wildman–Crippen LogP) is -0.709. The number of phosphoric acid groups is 1. The molecule has 0 rings (SSSR count). The Hall–Kier alpha value is -0.700. The summed E-state index contributed by atoms with van der Waals surface area (Å²) in [6.07, 6.45) is -6.17. The third-order valence-corrected chi connectivity index (χ3v) is 2.34. The molecule has 0 radical (unpaired) electrons. The largest absolute Gasteiger partial charge is 0.506 e. The van der Waals surface area contributed by atoms with Gasteiger partial charge in [-0.15, -0.1) is 0 Å². The third-order valence-electron chi connectivity index (χ3n) is 1.85. The molecule has 0 saturated heterocycles. The second-order valence-corrected chi connectivity index (χ2v) is 4.41. The van der Waals surface area contributed by atoms with Crippen LogP contribution in [0.15, 0.2) is 0 Å². The summed E-state index contributed by atoms with van der Waals surface area (Å²) in [6.45, 7) is 0.657. The van der Waals surface area contributed by atoms with Gasteiger partial charge in [-0.25, -0.2) is 9.36 Å². The molecule has 0 aromatic heterocycles. The summed E-state index contributed by atoms with van der Waals surface area (Å²) in [4.78, 5) is 27.1. The van der Waals surface area contributed by atoms with Gasteiger partial charge in [0.1, 0.15) is 6.10 Å². The van der Waals surface area contributed by atoms with Crippen molar-refractivity contribution in [3.05, 3.63) is 0 Å². The Balaban J connectivity index is 4.53. The quantitative estimate of drug-likeness (QED) is 0.299. The van der Waals surface area contributed by atoms with Gasteiger partial charge >= 0.3 is 14.0 Å². The second kappa shape index (κ2) is 6.90. The van der Waals surface area contributed by atoms with Gasteiger partial charge < -0.3 is 29.8 Å². The number of hydrogen-bond donors (Lipinski definition) is 5. The van der Waals surface area contributed by atoms with E-state index in [2.05, 4.69) is 9.26 Å². The molecule has 3 atom stereocenters. The van der Waals surface area contributed by atoms with Crippen LogP contribution in [0.3, 0.4) is 0 Å². The highest BCUT2D eigenvalue weighted by molar-refractivity contribution is 7.46. The molecule has 102 valence electrons. The first-order valence-corrected chi connectivity index (χ1v) is 6.16. The molecule has 17 heavy (non-hydrogen) atoms. The van der Waals surface area contributed by atoms with Crippen molar-refractivity contribution in [2.75, 3.05) is 6.61 Å². The SMILES string of the molecule is CC[C@@H](O)[C@H](O)[C@@H](COP(=O)(O)O)OC(=O)O. The van der Waals surface area contributed by atoms with E-state index in [0.29, 0.717) is 0 Å². The summed E-state index contributed by atoms with van der Waals surface area (Å²) in [5.74, 6) is 0. The minimum absolute atomic E-state index is 0.108. The van der Waals surface area contributed by atoms with E-state index in [1.807, 2.05) is 0 Å². The molecule has 0 saturated carbocycles. The Kier molecular flexibility index (Phi) is 6.61. The number of aliphatic hydroxyl groups is 2. The van der Waals surface area contributed by atoms with Crippen LogP contribution in [-0.2, 0) is 13.8 Å². The summed E-state index contributed by atoms with van der Waals surface area (Å²) in [5.41, 5.74) is 0. The summed E-state index contributed by atoms with van der Waals surface area (Å²) < 4.78 is 18.6. The molecule has 0 fully saturated rings. The Bertz CT molecular complexity index is 287. The fourth-order valence-electron chi connectivity index (χ4n) is 0.992. The summed E-state index contributed by atoms with van der Waals surface area (Å²) in [5, 5.41) is 27.1. The third kappa shape index (κ3) is 7.27. The van der Waals surface area contributed by atoms with Gasteiger partial charge in [0.15, 0.2) is 6.10 Å². The molecule has 0 unspecified atom stereocenters. The molecular formula is C7H15O9P. The first kappa shape index (κ1) is 16.3. The maximum absolute atomic E-state index is 10.4. The van der Waals surface area contributed by atoms with Gasteiger partial charge in [0.25, 0.3) is 0 Å². The van der Waals surface area contributed by atoms with Crippen molar-refractivity contribution in [1.29, 1.82) is 0 Å². The average Bonchev–Trinajstić information content (AvgIpc) is 2.20. The van der Waals surface area contributed by atoms with E-state index in [4.69, 9.17) is 14.9 Å². The highest BCUT2D eigenvalue weighted by atomic mass is 31.2. The molecular weight excluding hydrogens is 259 g/mol. The van der Waals surface area contributed by atoms with E-state index in [9.17, 15) is 19.6 Å². The second-order valence-electron chi connectivity index (χ2n) is 3.17. The van der Waals surface area contributed by atoms with Crippen LogP contribution in [0, 0.1) is 0 Å². The van der Waals surface area contributed by atoms with Gasteiger partial charge in [0, 0.05) is 0 Å². The molecule has 10 heteroatoms. The van der Waals surface area contributed by atoms with Crippen LogP contribution in [0.1, 0.15) is 13.3 Å². The Morgan fingerprint density at radius 1 is 1.35 bits per heavy atom. The van der Waals surface area contributed by atoms with Crippen LogP contribution in [-0.4, -0.2) is 56.2 Å². The molecule has 0 aliphatic carbocycles. The Labute approximate surface area is 96.8 Å². The van der Waals surface area contributed by atoms with Crippen LogP contribution in [0.2, 0.25) is 0 Å². The highest BCUT2D eigenvalue weighted by Gasteiger charge is 2.31. The fourth-order valence-corrected chi connectivity index (χ4v) is 1.33. The maximum atomic E-state index is 10.4. The number of carbonyl (C=O) groups is 1. The molecule has 0 aromatic carbocycles. The zero-order chi connectivity index (χ0) is 13.6. The van der Waals surface area contributed by atoms with Crippen LogP contribution in [0.4, 0.5) is 4.79 Å². The Morgan fingerprint density at radius 2 is 1.88 bits per heavy atom. The van der Waals surface area contributed by atoms with E-state index < -0.39 is 38.9 Å². The van der Waals surface area contributed by atoms with E-state index in [1.54, 1.807) is 0 Å². The standard InChI is InChI=1S/C7H15O9P/c1-2-4(8)6(9)5(16-7(10)11)3-15-17(12,13)14/h4-6,8-9H,2-3H2,1H3,(H,10,11)(H2,12,13,14)/t4-,5-,6+/m1/s1. The number of rotatable bonds is 7. The van der Waals surface area contributed by atoms with Crippen LogP contribution >= 0.6 is 7.82 Å². The van der Waals surface area contributed by atoms with Gasteiger partial charge in [0.2, 0.25) is 0 Å². The molecule has 0 aromatic rings. The van der Waals surface area contributed by atoms with Gasteiger partial charge in [0.05, 0.1) is 12.7 Å². The zero-order valence-corrected chi connectivity index (χ0v) is 9.86. The number of hydrogen-bond acceptors (Lipinski definition) is 6. The molecule has 0 aliphatic heterocycles. The first-order chi connectivity index (χ1) is 7.67. The molecule has 0 heterocycles. The molecule has 0 spiro atoms. The predicted molar refractivity (Wildman–Crippen MR) is 53.2 cm³/mol. The monoisotopic (exact) mass is 274 g/mol. The minimum atomic E-state index is -4.81. The van der Waals surface area contributed by atoms with Crippen molar-refractivity contribution in [1.82, 2.24) is 0 Å². The zero-order valence-electron chi connectivity index (χ0n) is 8.96. The van der Waals surface area contributed by atoms with Gasteiger partial charge in [-0.1, -0.05) is 6.92 Å². The lowest BCUT2D eigenvalue weighted by atomic mass is 10.1. The lowest BCUT2D eigenvalue weighted by Gasteiger charge is -2.24. The lowest BCUT2D eigenvalue weighted by molar-refractivity contribution is -0.0890. The molecule has 9 nitrogen and oxygen atoms in total. The fraction of sp³-hybridized carbons (Fsp3) is 0.857. The van der Waals surface area contributed by atoms with Gasteiger partial charge in [-0.05, 0) is 6.42 Å². The van der Waals surface area contributed by atoms with Crippen molar-refractivity contribution in [2.24, 2.45) is 0 Å². The lowest BCUT2D eigenvalue weighted by Crippen LogP contribution is -2.42. The normalized spacial score (nSPS) is 17.2. The number of ether oxygens (including phenoxy) is 1. The molecule has 5 N–H and O–H groups in total. The summed E-state index contributed by atoms with van der Waals surface area (Å²) in [6, 6.07) is 0. The van der Waals surface area contributed by atoms with Crippen molar-refractivity contribution >= 4 is 14.0 Å². The van der Waals surface area contributed by atoms with Crippen molar-refractivity contribution in [3.63, 3.8) is 0 Å². The minimum Gasteiger partial charge on any atom is -0.450 e. The smallest absolute Gasteiger partial charge is 0.450 e. The topological polar surface area (TPSA) is 154 Å². The maximum Gasteiger partial charge on any atom is 0.506 e. The molecule has 0 amide bonds. The van der Waals surface area contributed by atoms with Crippen LogP contribution < -0.4 is 0 Å². The summed E-state index contributed by atoms with van der Waals surface area (Å²) >= 11 is 0. The Morgan fingerprint density at radius 3 is 2.24 bits per heavy atom.